The molecule has 0 spiro atoms. The Morgan fingerprint density at radius 3 is 2.85 bits per heavy atom. The maximum Gasteiger partial charge on any atom is 0.254 e. The number of amides is 1. The molecule has 132 valence electrons. The Morgan fingerprint density at radius 1 is 1.23 bits per heavy atom. The van der Waals surface area contributed by atoms with Crippen molar-refractivity contribution in [1.29, 1.82) is 0 Å². The van der Waals surface area contributed by atoms with Gasteiger partial charge in [0.25, 0.3) is 5.56 Å². The number of ether oxygens (including phenoxy) is 2. The predicted octanol–water partition coefficient (Wildman–Crippen LogP) is 1.57. The summed E-state index contributed by atoms with van der Waals surface area (Å²) in [5.41, 5.74) is 0.859. The monoisotopic (exact) mass is 354 g/mol. The maximum atomic E-state index is 12.3. The van der Waals surface area contributed by atoms with E-state index in [9.17, 15) is 9.59 Å². The van der Waals surface area contributed by atoms with E-state index in [1.54, 1.807) is 31.2 Å². The number of aromatic nitrogens is 3. The smallest absolute Gasteiger partial charge is 0.254 e. The number of anilines is 1. The summed E-state index contributed by atoms with van der Waals surface area (Å²) in [6.07, 6.45) is 1.33. The number of rotatable bonds is 4. The van der Waals surface area contributed by atoms with Gasteiger partial charge in [-0.1, -0.05) is 5.16 Å². The molecule has 2 aromatic heterocycles. The Kier molecular flexibility index (Phi) is 3.88. The van der Waals surface area contributed by atoms with Crippen molar-refractivity contribution in [2.45, 2.75) is 13.5 Å². The van der Waals surface area contributed by atoms with E-state index in [-0.39, 0.29) is 18.9 Å². The molecule has 0 unspecified atom stereocenters. The van der Waals surface area contributed by atoms with Gasteiger partial charge in [-0.15, -0.1) is 0 Å². The molecule has 0 saturated carbocycles. The predicted molar refractivity (Wildman–Crippen MR) is 89.9 cm³/mol. The van der Waals surface area contributed by atoms with Crippen LogP contribution in [-0.2, 0) is 11.3 Å². The van der Waals surface area contributed by atoms with Gasteiger partial charge in [-0.3, -0.25) is 14.2 Å². The highest BCUT2D eigenvalue weighted by atomic mass is 16.7. The van der Waals surface area contributed by atoms with E-state index in [1.165, 1.54) is 17.0 Å². The van der Waals surface area contributed by atoms with Gasteiger partial charge in [0, 0.05) is 17.7 Å². The Balaban J connectivity index is 1.51. The highest BCUT2D eigenvalue weighted by molar-refractivity contribution is 5.89. The van der Waals surface area contributed by atoms with Crippen molar-refractivity contribution < 1.29 is 18.8 Å². The lowest BCUT2D eigenvalue weighted by molar-refractivity contribution is -0.116. The third-order valence-corrected chi connectivity index (χ3v) is 3.76. The van der Waals surface area contributed by atoms with Gasteiger partial charge in [0.2, 0.25) is 12.7 Å². The molecule has 9 nitrogen and oxygen atoms in total. The summed E-state index contributed by atoms with van der Waals surface area (Å²) in [6, 6.07) is 8.26. The largest absolute Gasteiger partial charge is 0.454 e. The zero-order chi connectivity index (χ0) is 18.1. The van der Waals surface area contributed by atoms with Crippen LogP contribution in [0.5, 0.6) is 11.5 Å². The Bertz CT molecular complexity index is 1040. The number of nitrogens with zero attached hydrogens (tertiary/aromatic N) is 3. The molecule has 0 atom stereocenters. The van der Waals surface area contributed by atoms with E-state index >= 15 is 0 Å². The van der Waals surface area contributed by atoms with Gasteiger partial charge in [-0.25, -0.2) is 4.98 Å². The molecule has 0 radical (unpaired) electrons. The first kappa shape index (κ1) is 15.9. The van der Waals surface area contributed by atoms with Crippen molar-refractivity contribution in [3.05, 3.63) is 52.8 Å². The number of aryl methyl sites for hydroxylation is 1. The molecule has 1 N–H and O–H groups in total. The van der Waals surface area contributed by atoms with Crippen molar-refractivity contribution in [1.82, 2.24) is 14.7 Å². The molecular weight excluding hydrogens is 340 g/mol. The molecule has 0 saturated heterocycles. The van der Waals surface area contributed by atoms with Crippen molar-refractivity contribution in [3.8, 4) is 22.8 Å². The summed E-state index contributed by atoms with van der Waals surface area (Å²) in [7, 11) is 0. The standard InChI is InChI=1S/C17H14N4O5/c1-10-4-15(20-26-10)19-16(22)7-21-8-18-12(6-17(21)23)11-2-3-13-14(5-11)25-9-24-13/h2-6,8H,7,9H2,1H3,(H,19,20,22). The lowest BCUT2D eigenvalue weighted by atomic mass is 10.1. The maximum absolute atomic E-state index is 12.3. The lowest BCUT2D eigenvalue weighted by Crippen LogP contribution is -2.27. The summed E-state index contributed by atoms with van der Waals surface area (Å²) in [5, 5.41) is 6.22. The van der Waals surface area contributed by atoms with Crippen molar-refractivity contribution in [2.75, 3.05) is 12.1 Å². The van der Waals surface area contributed by atoms with Crippen LogP contribution in [-0.4, -0.2) is 27.4 Å². The SMILES string of the molecule is Cc1cc(NC(=O)Cn2cnc(-c3ccc4c(c3)OCO4)cc2=O)no1. The first-order valence-corrected chi connectivity index (χ1v) is 7.78. The van der Waals surface area contributed by atoms with Crippen molar-refractivity contribution in [3.63, 3.8) is 0 Å². The summed E-state index contributed by atoms with van der Waals surface area (Å²) in [5.74, 6) is 1.73. The van der Waals surface area contributed by atoms with E-state index in [0.29, 0.717) is 28.8 Å². The van der Waals surface area contributed by atoms with Crippen LogP contribution < -0.4 is 20.3 Å². The van der Waals surface area contributed by atoms with Gasteiger partial charge >= 0.3 is 0 Å². The van der Waals surface area contributed by atoms with Gasteiger partial charge in [0.1, 0.15) is 12.3 Å². The molecule has 1 aliphatic heterocycles. The minimum atomic E-state index is -0.405. The number of hydrogen-bond acceptors (Lipinski definition) is 7. The molecule has 0 bridgehead atoms. The van der Waals surface area contributed by atoms with Crippen molar-refractivity contribution >= 4 is 11.7 Å². The second-order valence-corrected chi connectivity index (χ2v) is 5.68. The second kappa shape index (κ2) is 6.36. The van der Waals surface area contributed by atoms with Crippen LogP contribution in [0.3, 0.4) is 0 Å². The third kappa shape index (κ3) is 3.14. The van der Waals surface area contributed by atoms with E-state index < -0.39 is 5.91 Å². The molecule has 1 aliphatic rings. The molecular formula is C17H14N4O5. The first-order chi connectivity index (χ1) is 12.6. The molecule has 9 heteroatoms. The number of hydrogen-bond donors (Lipinski definition) is 1. The fourth-order valence-electron chi connectivity index (χ4n) is 2.52. The van der Waals surface area contributed by atoms with E-state index in [4.69, 9.17) is 14.0 Å². The number of fused-ring (bicyclic) bond motifs is 1. The molecule has 4 rings (SSSR count). The molecule has 3 heterocycles. The van der Waals surface area contributed by atoms with Gasteiger partial charge in [-0.05, 0) is 25.1 Å². The molecule has 26 heavy (non-hydrogen) atoms. The van der Waals surface area contributed by atoms with Crippen LogP contribution in [0.2, 0.25) is 0 Å². The average molecular weight is 354 g/mol. The zero-order valence-electron chi connectivity index (χ0n) is 13.8. The Hall–Kier alpha value is -3.62. The fraction of sp³-hybridized carbons (Fsp3) is 0.176. The summed E-state index contributed by atoms with van der Waals surface area (Å²) < 4.78 is 16.7. The van der Waals surface area contributed by atoms with Crippen LogP contribution >= 0.6 is 0 Å². The third-order valence-electron chi connectivity index (χ3n) is 3.76. The van der Waals surface area contributed by atoms with Crippen LogP contribution in [0, 0.1) is 6.92 Å². The van der Waals surface area contributed by atoms with Crippen LogP contribution in [0.25, 0.3) is 11.3 Å². The van der Waals surface area contributed by atoms with Gasteiger partial charge in [0.15, 0.2) is 17.3 Å². The Labute approximate surface area is 147 Å². The van der Waals surface area contributed by atoms with Crippen LogP contribution in [0.1, 0.15) is 5.76 Å². The Morgan fingerprint density at radius 2 is 2.08 bits per heavy atom. The minimum Gasteiger partial charge on any atom is -0.454 e. The number of carbonyl (C=O) groups is 1. The number of nitrogens with one attached hydrogen (secondary N) is 1. The van der Waals surface area contributed by atoms with Gasteiger partial charge in [0.05, 0.1) is 12.0 Å². The average Bonchev–Trinajstić information content (AvgIpc) is 3.24. The van der Waals surface area contributed by atoms with Gasteiger partial charge in [-0.2, -0.15) is 0 Å². The normalized spacial score (nSPS) is 12.2. The minimum absolute atomic E-state index is 0.175. The summed E-state index contributed by atoms with van der Waals surface area (Å²) >= 11 is 0. The quantitative estimate of drug-likeness (QED) is 0.757. The molecule has 3 aromatic rings. The highest BCUT2D eigenvalue weighted by Crippen LogP contribution is 2.35. The summed E-state index contributed by atoms with van der Waals surface area (Å²) in [6.45, 7) is 1.71. The second-order valence-electron chi connectivity index (χ2n) is 5.68. The van der Waals surface area contributed by atoms with Crippen LogP contribution in [0.4, 0.5) is 5.82 Å². The summed E-state index contributed by atoms with van der Waals surface area (Å²) in [4.78, 5) is 28.6. The lowest BCUT2D eigenvalue weighted by Gasteiger charge is -2.07. The fourth-order valence-corrected chi connectivity index (χ4v) is 2.52. The molecule has 0 aliphatic carbocycles. The highest BCUT2D eigenvalue weighted by Gasteiger charge is 2.15. The van der Waals surface area contributed by atoms with Crippen LogP contribution in [0.15, 0.2) is 46.0 Å². The molecule has 1 aromatic carbocycles. The first-order valence-electron chi connectivity index (χ1n) is 7.78. The van der Waals surface area contributed by atoms with E-state index in [2.05, 4.69) is 15.5 Å². The van der Waals surface area contributed by atoms with Crippen molar-refractivity contribution in [2.24, 2.45) is 0 Å². The van der Waals surface area contributed by atoms with E-state index in [1.807, 2.05) is 0 Å². The van der Waals surface area contributed by atoms with Gasteiger partial charge < -0.3 is 19.3 Å². The van der Waals surface area contributed by atoms with E-state index in [0.717, 1.165) is 5.56 Å². The zero-order valence-corrected chi connectivity index (χ0v) is 13.8. The number of benzene rings is 1. The topological polar surface area (TPSA) is 108 Å². The molecule has 1 amide bonds. The number of carbonyl (C=O) groups excluding carboxylic acids is 1. The molecule has 0 fully saturated rings.